The van der Waals surface area contributed by atoms with Gasteiger partial charge in [-0.3, -0.25) is 0 Å². The smallest absolute Gasteiger partial charge is 0.335 e. The van der Waals surface area contributed by atoms with Crippen molar-refractivity contribution in [2.24, 2.45) is 0 Å². The normalized spacial score (nSPS) is 11.0. The van der Waals surface area contributed by atoms with E-state index in [1.807, 2.05) is 35.0 Å². The number of aromatic carboxylic acids is 1. The summed E-state index contributed by atoms with van der Waals surface area (Å²) in [6, 6.07) is 18.5. The van der Waals surface area contributed by atoms with Gasteiger partial charge in [-0.2, -0.15) is 0 Å². The Balaban J connectivity index is 2.04. The lowest BCUT2D eigenvalue weighted by atomic mass is 10.0. The number of benzene rings is 3. The molecule has 3 aromatic carbocycles. The summed E-state index contributed by atoms with van der Waals surface area (Å²) in [6.45, 7) is 0. The monoisotopic (exact) mass is 365 g/mol. The zero-order chi connectivity index (χ0) is 18.3. The van der Waals surface area contributed by atoms with Gasteiger partial charge in [-0.05, 0) is 42.5 Å². The molecule has 5 heteroatoms. The second-order valence-electron chi connectivity index (χ2n) is 5.91. The van der Waals surface area contributed by atoms with E-state index in [1.54, 1.807) is 30.3 Å². The van der Waals surface area contributed by atoms with E-state index in [-0.39, 0.29) is 11.4 Å². The van der Waals surface area contributed by atoms with Crippen molar-refractivity contribution >= 4 is 28.5 Å². The highest BCUT2D eigenvalue weighted by atomic mass is 35.5. The van der Waals surface area contributed by atoms with Crippen LogP contribution in [0.4, 0.5) is 4.39 Å². The molecule has 3 nitrogen and oxygen atoms in total. The Morgan fingerprint density at radius 2 is 1.69 bits per heavy atom. The summed E-state index contributed by atoms with van der Waals surface area (Å²) in [6.07, 6.45) is 1.89. The number of carboxylic acids is 1. The number of fused-ring (bicyclic) bond motifs is 1. The molecule has 1 N–H and O–H groups in total. The molecular weight excluding hydrogens is 353 g/mol. The molecule has 1 aromatic heterocycles. The van der Waals surface area contributed by atoms with Crippen molar-refractivity contribution in [3.8, 4) is 16.8 Å². The van der Waals surface area contributed by atoms with Gasteiger partial charge in [-0.1, -0.05) is 35.9 Å². The van der Waals surface area contributed by atoms with Crippen LogP contribution in [0, 0.1) is 5.82 Å². The number of carbonyl (C=O) groups is 1. The fourth-order valence-electron chi connectivity index (χ4n) is 3.07. The number of nitrogens with zero attached hydrogens (tertiary/aromatic N) is 1. The Kier molecular flexibility index (Phi) is 3.98. The lowest BCUT2D eigenvalue weighted by Crippen LogP contribution is -1.97. The standard InChI is InChI=1S/C21H13ClFNO2/c22-19-4-2-1-3-16(19)18-12-24(15-8-6-14(23)7-9-15)20-11-13(21(25)26)5-10-17(18)20/h1-12H,(H,25,26). The predicted molar refractivity (Wildman–Crippen MR) is 101 cm³/mol. The van der Waals surface area contributed by atoms with Crippen molar-refractivity contribution in [3.63, 3.8) is 0 Å². The summed E-state index contributed by atoms with van der Waals surface area (Å²) in [4.78, 5) is 11.4. The van der Waals surface area contributed by atoms with Crippen molar-refractivity contribution < 1.29 is 14.3 Å². The summed E-state index contributed by atoms with van der Waals surface area (Å²) >= 11 is 6.36. The first-order valence-electron chi connectivity index (χ1n) is 7.94. The number of hydrogen-bond acceptors (Lipinski definition) is 1. The van der Waals surface area contributed by atoms with Crippen LogP contribution in [0.25, 0.3) is 27.7 Å². The first-order valence-corrected chi connectivity index (χ1v) is 8.31. The number of hydrogen-bond donors (Lipinski definition) is 1. The van der Waals surface area contributed by atoms with Crippen molar-refractivity contribution in [3.05, 3.63) is 89.3 Å². The first-order chi connectivity index (χ1) is 12.5. The number of halogens is 2. The van der Waals surface area contributed by atoms with Gasteiger partial charge in [0.15, 0.2) is 0 Å². The Morgan fingerprint density at radius 3 is 2.38 bits per heavy atom. The minimum atomic E-state index is -1.00. The van der Waals surface area contributed by atoms with Gasteiger partial charge >= 0.3 is 5.97 Å². The third kappa shape index (κ3) is 2.74. The second kappa shape index (κ2) is 6.32. The average molecular weight is 366 g/mol. The maximum atomic E-state index is 13.3. The maximum Gasteiger partial charge on any atom is 0.335 e. The molecule has 0 saturated heterocycles. The van der Waals surface area contributed by atoms with Gasteiger partial charge in [-0.25, -0.2) is 9.18 Å². The molecular formula is C21H13ClFNO2. The number of rotatable bonds is 3. The number of aromatic nitrogens is 1. The Morgan fingerprint density at radius 1 is 0.962 bits per heavy atom. The van der Waals surface area contributed by atoms with Crippen LogP contribution in [0.3, 0.4) is 0 Å². The summed E-state index contributed by atoms with van der Waals surface area (Å²) in [5.74, 6) is -1.33. The zero-order valence-corrected chi connectivity index (χ0v) is 14.2. The third-order valence-corrected chi connectivity index (χ3v) is 4.65. The van der Waals surface area contributed by atoms with Gasteiger partial charge < -0.3 is 9.67 Å². The highest BCUT2D eigenvalue weighted by Gasteiger charge is 2.15. The molecule has 1 heterocycles. The van der Waals surface area contributed by atoms with Crippen LogP contribution in [-0.4, -0.2) is 15.6 Å². The molecule has 0 aliphatic carbocycles. The predicted octanol–water partition coefficient (Wildman–Crippen LogP) is 5.79. The van der Waals surface area contributed by atoms with E-state index in [0.29, 0.717) is 10.5 Å². The molecule has 26 heavy (non-hydrogen) atoms. The molecule has 4 rings (SSSR count). The van der Waals surface area contributed by atoms with Gasteiger partial charge in [0.1, 0.15) is 5.82 Å². The Hall–Kier alpha value is -3.11. The molecule has 0 fully saturated rings. The molecule has 0 aliphatic rings. The molecule has 0 amide bonds. The minimum absolute atomic E-state index is 0.185. The quantitative estimate of drug-likeness (QED) is 0.499. The Labute approximate surface area is 153 Å². The van der Waals surface area contributed by atoms with E-state index in [9.17, 15) is 14.3 Å². The van der Waals surface area contributed by atoms with Crippen LogP contribution in [0.1, 0.15) is 10.4 Å². The Bertz CT molecular complexity index is 1130. The van der Waals surface area contributed by atoms with Crippen LogP contribution >= 0.6 is 11.6 Å². The molecule has 0 radical (unpaired) electrons. The lowest BCUT2D eigenvalue weighted by Gasteiger charge is -2.05. The zero-order valence-electron chi connectivity index (χ0n) is 13.5. The highest BCUT2D eigenvalue weighted by Crippen LogP contribution is 2.36. The van der Waals surface area contributed by atoms with E-state index in [0.717, 1.165) is 22.2 Å². The molecule has 0 saturated carbocycles. The fraction of sp³-hybridized carbons (Fsp3) is 0. The van der Waals surface area contributed by atoms with Crippen LogP contribution in [0.15, 0.2) is 72.9 Å². The molecule has 0 atom stereocenters. The third-order valence-electron chi connectivity index (χ3n) is 4.32. The molecule has 0 spiro atoms. The van der Waals surface area contributed by atoms with Gasteiger partial charge in [-0.15, -0.1) is 0 Å². The highest BCUT2D eigenvalue weighted by molar-refractivity contribution is 6.33. The van der Waals surface area contributed by atoms with Crippen LogP contribution in [0.5, 0.6) is 0 Å². The van der Waals surface area contributed by atoms with Gasteiger partial charge in [0.05, 0.1) is 11.1 Å². The topological polar surface area (TPSA) is 42.2 Å². The minimum Gasteiger partial charge on any atom is -0.478 e. The average Bonchev–Trinajstić information content (AvgIpc) is 3.01. The first kappa shape index (κ1) is 16.4. The van der Waals surface area contributed by atoms with Crippen molar-refractivity contribution in [1.29, 1.82) is 0 Å². The van der Waals surface area contributed by atoms with Crippen molar-refractivity contribution in [2.75, 3.05) is 0 Å². The van der Waals surface area contributed by atoms with Crippen LogP contribution < -0.4 is 0 Å². The fourth-order valence-corrected chi connectivity index (χ4v) is 3.31. The van der Waals surface area contributed by atoms with E-state index >= 15 is 0 Å². The van der Waals surface area contributed by atoms with E-state index in [2.05, 4.69) is 0 Å². The van der Waals surface area contributed by atoms with Gasteiger partial charge in [0.25, 0.3) is 0 Å². The summed E-state index contributed by atoms with van der Waals surface area (Å²) in [7, 11) is 0. The van der Waals surface area contributed by atoms with Crippen molar-refractivity contribution in [1.82, 2.24) is 4.57 Å². The van der Waals surface area contributed by atoms with Crippen LogP contribution in [-0.2, 0) is 0 Å². The van der Waals surface area contributed by atoms with E-state index in [4.69, 9.17) is 11.6 Å². The molecule has 0 aliphatic heterocycles. The van der Waals surface area contributed by atoms with Gasteiger partial charge in [0.2, 0.25) is 0 Å². The molecule has 128 valence electrons. The molecule has 0 bridgehead atoms. The molecule has 4 aromatic rings. The maximum absolute atomic E-state index is 13.3. The van der Waals surface area contributed by atoms with Crippen molar-refractivity contribution in [2.45, 2.75) is 0 Å². The van der Waals surface area contributed by atoms with E-state index < -0.39 is 5.97 Å². The molecule has 0 unspecified atom stereocenters. The summed E-state index contributed by atoms with van der Waals surface area (Å²) in [5.41, 5.74) is 3.36. The second-order valence-corrected chi connectivity index (χ2v) is 6.31. The van der Waals surface area contributed by atoms with Gasteiger partial charge in [0, 0.05) is 33.4 Å². The summed E-state index contributed by atoms with van der Waals surface area (Å²) < 4.78 is 15.2. The number of carboxylic acid groups (broad SMARTS) is 1. The SMILES string of the molecule is O=C(O)c1ccc2c(-c3ccccc3Cl)cn(-c3ccc(F)cc3)c2c1. The lowest BCUT2D eigenvalue weighted by molar-refractivity contribution is 0.0697. The van der Waals surface area contributed by atoms with E-state index in [1.165, 1.54) is 12.1 Å². The summed E-state index contributed by atoms with van der Waals surface area (Å²) in [5, 5.41) is 10.8. The van der Waals surface area contributed by atoms with Crippen LogP contribution in [0.2, 0.25) is 5.02 Å². The largest absolute Gasteiger partial charge is 0.478 e.